The predicted octanol–water partition coefficient (Wildman–Crippen LogP) is 0.982. The number of hydrogen-bond acceptors (Lipinski definition) is 3. The Labute approximate surface area is 112 Å². The second-order valence-electron chi connectivity index (χ2n) is 6.10. The van der Waals surface area contributed by atoms with Crippen LogP contribution in [0, 0.1) is 23.7 Å². The predicted molar refractivity (Wildman–Crippen MR) is 67.5 cm³/mol. The number of carboxylic acid groups (broad SMARTS) is 1. The minimum Gasteiger partial charge on any atom is -0.481 e. The van der Waals surface area contributed by atoms with Crippen molar-refractivity contribution < 1.29 is 19.4 Å². The van der Waals surface area contributed by atoms with Gasteiger partial charge >= 0.3 is 5.97 Å². The van der Waals surface area contributed by atoms with Crippen LogP contribution < -0.4 is 0 Å². The van der Waals surface area contributed by atoms with Crippen LogP contribution >= 0.6 is 0 Å². The molecule has 5 nitrogen and oxygen atoms in total. The van der Waals surface area contributed by atoms with Crippen LogP contribution in [0.15, 0.2) is 0 Å². The molecule has 1 unspecified atom stereocenters. The van der Waals surface area contributed by atoms with Crippen LogP contribution in [-0.2, 0) is 14.3 Å². The monoisotopic (exact) mass is 267 g/mol. The molecular weight excluding hydrogens is 246 g/mol. The first-order valence-electron chi connectivity index (χ1n) is 7.26. The van der Waals surface area contributed by atoms with Crippen molar-refractivity contribution in [3.8, 4) is 0 Å². The molecule has 1 N–H and O–H groups in total. The van der Waals surface area contributed by atoms with Gasteiger partial charge in [-0.2, -0.15) is 0 Å². The van der Waals surface area contributed by atoms with Crippen molar-refractivity contribution in [2.24, 2.45) is 23.7 Å². The van der Waals surface area contributed by atoms with E-state index in [2.05, 4.69) is 0 Å². The number of carbonyl (C=O) groups is 2. The maximum atomic E-state index is 12.4. The molecule has 0 aromatic heterocycles. The first-order chi connectivity index (χ1) is 9.16. The Morgan fingerprint density at radius 3 is 2.53 bits per heavy atom. The average molecular weight is 267 g/mol. The molecule has 3 fully saturated rings. The van der Waals surface area contributed by atoms with E-state index in [0.717, 1.165) is 32.3 Å². The van der Waals surface area contributed by atoms with Crippen LogP contribution in [0.2, 0.25) is 0 Å². The molecular formula is C14H21NO4. The molecule has 1 aliphatic carbocycles. The summed E-state index contributed by atoms with van der Waals surface area (Å²) in [5.41, 5.74) is 0. The van der Waals surface area contributed by atoms with Gasteiger partial charge in [0.05, 0.1) is 18.4 Å². The van der Waals surface area contributed by atoms with Crippen molar-refractivity contribution in [2.45, 2.75) is 25.7 Å². The van der Waals surface area contributed by atoms with E-state index in [4.69, 9.17) is 4.74 Å². The van der Waals surface area contributed by atoms with E-state index < -0.39 is 5.97 Å². The highest BCUT2D eigenvalue weighted by Crippen LogP contribution is 2.44. The van der Waals surface area contributed by atoms with Gasteiger partial charge in [0.2, 0.25) is 5.91 Å². The summed E-state index contributed by atoms with van der Waals surface area (Å²) in [6.45, 7) is 2.27. The molecule has 3 aliphatic rings. The van der Waals surface area contributed by atoms with E-state index in [1.54, 1.807) is 4.90 Å². The number of likely N-dealkylation sites (tertiary alicyclic amines) is 1. The fourth-order valence-electron chi connectivity index (χ4n) is 3.47. The van der Waals surface area contributed by atoms with E-state index in [1.807, 2.05) is 0 Å². The van der Waals surface area contributed by atoms with Gasteiger partial charge in [-0.05, 0) is 37.5 Å². The van der Waals surface area contributed by atoms with E-state index in [0.29, 0.717) is 25.6 Å². The SMILES string of the molecule is O=C(O)[C@H]1CN(C(=O)C2CCCOC2)C[C@@H]1C1CC1. The van der Waals surface area contributed by atoms with Gasteiger partial charge in [-0.25, -0.2) is 0 Å². The normalized spacial score (nSPS) is 35.4. The third kappa shape index (κ3) is 2.61. The Hall–Kier alpha value is -1.10. The smallest absolute Gasteiger partial charge is 0.308 e. The number of carbonyl (C=O) groups excluding carboxylic acids is 1. The summed E-state index contributed by atoms with van der Waals surface area (Å²) in [5.74, 6) is -0.351. The number of ether oxygens (including phenoxy) is 1. The Kier molecular flexibility index (Phi) is 3.48. The van der Waals surface area contributed by atoms with Gasteiger partial charge in [-0.1, -0.05) is 0 Å². The Balaban J connectivity index is 1.65. The van der Waals surface area contributed by atoms with Crippen molar-refractivity contribution in [2.75, 3.05) is 26.3 Å². The van der Waals surface area contributed by atoms with Crippen LogP contribution in [0.1, 0.15) is 25.7 Å². The molecule has 1 amide bonds. The number of nitrogens with zero attached hydrogens (tertiary/aromatic N) is 1. The lowest BCUT2D eigenvalue weighted by Crippen LogP contribution is -2.38. The van der Waals surface area contributed by atoms with Gasteiger partial charge in [-0.15, -0.1) is 0 Å². The molecule has 0 bridgehead atoms. The molecule has 3 atom stereocenters. The summed E-state index contributed by atoms with van der Waals surface area (Å²) in [5, 5.41) is 9.31. The third-order valence-electron chi connectivity index (χ3n) is 4.73. The van der Waals surface area contributed by atoms with Crippen LogP contribution in [0.4, 0.5) is 0 Å². The number of carboxylic acids is 1. The van der Waals surface area contributed by atoms with Crippen molar-refractivity contribution in [1.29, 1.82) is 0 Å². The lowest BCUT2D eigenvalue weighted by atomic mass is 9.92. The fourth-order valence-corrected chi connectivity index (χ4v) is 3.47. The molecule has 5 heteroatoms. The molecule has 3 rings (SSSR count). The molecule has 2 aliphatic heterocycles. The van der Waals surface area contributed by atoms with Crippen LogP contribution in [0.25, 0.3) is 0 Å². The molecule has 0 radical (unpaired) electrons. The Morgan fingerprint density at radius 1 is 1.16 bits per heavy atom. The minimum absolute atomic E-state index is 0.0545. The second kappa shape index (κ2) is 5.12. The zero-order chi connectivity index (χ0) is 13.4. The molecule has 0 aromatic carbocycles. The summed E-state index contributed by atoms with van der Waals surface area (Å²) < 4.78 is 5.36. The van der Waals surface area contributed by atoms with Gasteiger partial charge < -0.3 is 14.7 Å². The van der Waals surface area contributed by atoms with E-state index in [9.17, 15) is 14.7 Å². The van der Waals surface area contributed by atoms with Crippen molar-refractivity contribution in [3.05, 3.63) is 0 Å². The van der Waals surface area contributed by atoms with E-state index in [1.165, 1.54) is 0 Å². The summed E-state index contributed by atoms with van der Waals surface area (Å²) >= 11 is 0. The van der Waals surface area contributed by atoms with E-state index in [-0.39, 0.29) is 23.7 Å². The quantitative estimate of drug-likeness (QED) is 0.828. The molecule has 2 heterocycles. The van der Waals surface area contributed by atoms with Gasteiger partial charge in [0.1, 0.15) is 0 Å². The van der Waals surface area contributed by atoms with E-state index >= 15 is 0 Å². The third-order valence-corrected chi connectivity index (χ3v) is 4.73. The largest absolute Gasteiger partial charge is 0.481 e. The summed E-state index contributed by atoms with van der Waals surface area (Å²) in [4.78, 5) is 25.5. The van der Waals surface area contributed by atoms with Crippen molar-refractivity contribution in [1.82, 2.24) is 4.90 Å². The number of amides is 1. The first-order valence-corrected chi connectivity index (χ1v) is 7.26. The summed E-state index contributed by atoms with van der Waals surface area (Å²) in [6.07, 6.45) is 4.06. The molecule has 2 saturated heterocycles. The van der Waals surface area contributed by atoms with Gasteiger partial charge in [0, 0.05) is 19.7 Å². The average Bonchev–Trinajstić information content (AvgIpc) is 3.17. The molecule has 0 aromatic rings. The lowest BCUT2D eigenvalue weighted by molar-refractivity contribution is -0.143. The summed E-state index contributed by atoms with van der Waals surface area (Å²) in [7, 11) is 0. The second-order valence-corrected chi connectivity index (χ2v) is 6.10. The lowest BCUT2D eigenvalue weighted by Gasteiger charge is -2.26. The van der Waals surface area contributed by atoms with Crippen LogP contribution in [-0.4, -0.2) is 48.2 Å². The van der Waals surface area contributed by atoms with Crippen molar-refractivity contribution >= 4 is 11.9 Å². The highest BCUT2D eigenvalue weighted by molar-refractivity contribution is 5.81. The fraction of sp³-hybridized carbons (Fsp3) is 0.857. The standard InChI is InChI=1S/C14H21NO4/c16-13(10-2-1-5-19-8-10)15-6-11(9-3-4-9)12(7-15)14(17)18/h9-12H,1-8H2,(H,17,18)/t10?,11-,12+/m1/s1. The van der Waals surface area contributed by atoms with Crippen LogP contribution in [0.3, 0.4) is 0 Å². The molecule has 0 spiro atoms. The Bertz CT molecular complexity index is 374. The first kappa shape index (κ1) is 12.9. The van der Waals surface area contributed by atoms with Gasteiger partial charge in [0.15, 0.2) is 0 Å². The van der Waals surface area contributed by atoms with Crippen LogP contribution in [0.5, 0.6) is 0 Å². The number of rotatable bonds is 3. The Morgan fingerprint density at radius 2 is 1.95 bits per heavy atom. The number of hydrogen-bond donors (Lipinski definition) is 1. The molecule has 106 valence electrons. The number of aliphatic carboxylic acids is 1. The van der Waals surface area contributed by atoms with Gasteiger partial charge in [0.25, 0.3) is 0 Å². The molecule has 1 saturated carbocycles. The zero-order valence-corrected chi connectivity index (χ0v) is 11.1. The maximum absolute atomic E-state index is 12.4. The molecule has 19 heavy (non-hydrogen) atoms. The summed E-state index contributed by atoms with van der Waals surface area (Å²) in [6, 6.07) is 0. The van der Waals surface area contributed by atoms with Gasteiger partial charge in [-0.3, -0.25) is 9.59 Å². The van der Waals surface area contributed by atoms with Crippen molar-refractivity contribution in [3.63, 3.8) is 0 Å². The topological polar surface area (TPSA) is 66.8 Å². The maximum Gasteiger partial charge on any atom is 0.308 e. The minimum atomic E-state index is -0.743. The highest BCUT2D eigenvalue weighted by Gasteiger charge is 2.47. The zero-order valence-electron chi connectivity index (χ0n) is 11.1. The highest BCUT2D eigenvalue weighted by atomic mass is 16.5.